The third-order valence-corrected chi connectivity index (χ3v) is 5.01. The lowest BCUT2D eigenvalue weighted by Crippen LogP contribution is -2.34. The van der Waals surface area contributed by atoms with Crippen LogP contribution in [-0.2, 0) is 16.1 Å². The number of fused-ring (bicyclic) bond motifs is 1. The SMILES string of the molecule is Cc1cc(Nc2cc(NC(=O)C3CC3(F)F)ncn2)c(=O)n2c1C(=O)NCCOCC2. The van der Waals surface area contributed by atoms with Gasteiger partial charge in [-0.1, -0.05) is 0 Å². The molecule has 1 saturated carbocycles. The van der Waals surface area contributed by atoms with Crippen LogP contribution in [0, 0.1) is 12.8 Å². The van der Waals surface area contributed by atoms with Crippen LogP contribution in [0.3, 0.4) is 0 Å². The molecule has 31 heavy (non-hydrogen) atoms. The lowest BCUT2D eigenvalue weighted by Gasteiger charge is -2.16. The van der Waals surface area contributed by atoms with Gasteiger partial charge < -0.3 is 20.7 Å². The number of pyridine rings is 1. The van der Waals surface area contributed by atoms with E-state index in [1.807, 2.05) is 0 Å². The van der Waals surface area contributed by atoms with Crippen LogP contribution in [0.15, 0.2) is 23.3 Å². The Morgan fingerprint density at radius 2 is 2.00 bits per heavy atom. The maximum Gasteiger partial charge on any atom is 0.274 e. The van der Waals surface area contributed by atoms with Crippen molar-refractivity contribution in [1.82, 2.24) is 19.9 Å². The Labute approximate surface area is 175 Å². The van der Waals surface area contributed by atoms with Gasteiger partial charge in [0.15, 0.2) is 0 Å². The second-order valence-corrected chi connectivity index (χ2v) is 7.34. The summed E-state index contributed by atoms with van der Waals surface area (Å²) in [5.74, 6) is -5.34. The average molecular weight is 434 g/mol. The van der Waals surface area contributed by atoms with E-state index in [4.69, 9.17) is 4.74 Å². The summed E-state index contributed by atoms with van der Waals surface area (Å²) in [6.07, 6.45) is 0.643. The van der Waals surface area contributed by atoms with Crippen molar-refractivity contribution in [1.29, 1.82) is 0 Å². The second kappa shape index (κ2) is 8.02. The van der Waals surface area contributed by atoms with Crippen molar-refractivity contribution in [2.24, 2.45) is 5.92 Å². The molecule has 2 aliphatic rings. The Balaban J connectivity index is 1.58. The molecule has 1 atom stereocenters. The van der Waals surface area contributed by atoms with Gasteiger partial charge in [0.25, 0.3) is 17.4 Å². The molecular weight excluding hydrogens is 414 g/mol. The monoisotopic (exact) mass is 434 g/mol. The zero-order valence-electron chi connectivity index (χ0n) is 16.6. The van der Waals surface area contributed by atoms with Gasteiger partial charge in [0, 0.05) is 25.6 Å². The maximum atomic E-state index is 13.1. The van der Waals surface area contributed by atoms with Crippen LogP contribution in [0.1, 0.15) is 22.5 Å². The molecule has 0 radical (unpaired) electrons. The van der Waals surface area contributed by atoms with E-state index in [1.54, 1.807) is 6.92 Å². The third kappa shape index (κ3) is 4.38. The molecule has 0 spiro atoms. The number of ether oxygens (including phenoxy) is 1. The summed E-state index contributed by atoms with van der Waals surface area (Å²) in [5, 5.41) is 7.88. The van der Waals surface area contributed by atoms with Crippen molar-refractivity contribution >= 4 is 29.1 Å². The van der Waals surface area contributed by atoms with E-state index < -0.39 is 29.7 Å². The number of aromatic nitrogens is 3. The standard InChI is InChI=1S/C19H20F2N6O4/c1-10-6-12(18(30)27-3-5-31-4-2-22-17(29)15(10)27)25-13-7-14(24-9-23-13)26-16(28)11-8-19(11,20)21/h6-7,9,11H,2-5,8H2,1H3,(H,22,29)(H2,23,24,25,26,28). The number of halogens is 2. The van der Waals surface area contributed by atoms with Crippen molar-refractivity contribution in [2.45, 2.75) is 25.8 Å². The van der Waals surface area contributed by atoms with E-state index in [1.165, 1.54) is 16.7 Å². The van der Waals surface area contributed by atoms with Gasteiger partial charge in [-0.05, 0) is 18.6 Å². The van der Waals surface area contributed by atoms with Crippen molar-refractivity contribution in [3.8, 4) is 0 Å². The predicted molar refractivity (Wildman–Crippen MR) is 106 cm³/mol. The molecule has 1 fully saturated rings. The summed E-state index contributed by atoms with van der Waals surface area (Å²) >= 11 is 0. The van der Waals surface area contributed by atoms with E-state index in [-0.39, 0.29) is 42.1 Å². The zero-order valence-corrected chi connectivity index (χ0v) is 16.6. The summed E-state index contributed by atoms with van der Waals surface area (Å²) in [7, 11) is 0. The highest BCUT2D eigenvalue weighted by molar-refractivity contribution is 5.95. The number of nitrogens with zero attached hydrogens (tertiary/aromatic N) is 3. The first-order valence-electron chi connectivity index (χ1n) is 9.64. The number of aryl methyl sites for hydroxylation is 1. The molecular formula is C19H20F2N6O4. The summed E-state index contributed by atoms with van der Waals surface area (Å²) < 4.78 is 32.9. The van der Waals surface area contributed by atoms with Gasteiger partial charge >= 0.3 is 0 Å². The highest BCUT2D eigenvalue weighted by Gasteiger charge is 2.61. The highest BCUT2D eigenvalue weighted by atomic mass is 19.3. The van der Waals surface area contributed by atoms with Gasteiger partial charge in [0.2, 0.25) is 5.91 Å². The molecule has 2 aromatic rings. The van der Waals surface area contributed by atoms with Gasteiger partial charge in [-0.15, -0.1) is 0 Å². The minimum atomic E-state index is -2.99. The van der Waals surface area contributed by atoms with E-state index >= 15 is 0 Å². The van der Waals surface area contributed by atoms with Crippen molar-refractivity contribution in [2.75, 3.05) is 30.4 Å². The molecule has 4 rings (SSSR count). The molecule has 2 aromatic heterocycles. The fraction of sp³-hybridized carbons (Fsp3) is 0.421. The molecule has 2 amide bonds. The topological polar surface area (TPSA) is 127 Å². The van der Waals surface area contributed by atoms with E-state index in [0.29, 0.717) is 18.7 Å². The number of hydrogen-bond donors (Lipinski definition) is 3. The fourth-order valence-corrected chi connectivity index (χ4v) is 3.33. The van der Waals surface area contributed by atoms with Gasteiger partial charge in [-0.3, -0.25) is 19.0 Å². The number of anilines is 3. The number of carbonyl (C=O) groups is 2. The van der Waals surface area contributed by atoms with Gasteiger partial charge in [-0.25, -0.2) is 18.7 Å². The zero-order chi connectivity index (χ0) is 22.2. The smallest absolute Gasteiger partial charge is 0.274 e. The summed E-state index contributed by atoms with van der Waals surface area (Å²) in [6, 6.07) is 2.85. The number of rotatable bonds is 4. The summed E-state index contributed by atoms with van der Waals surface area (Å²) in [6.45, 7) is 2.85. The van der Waals surface area contributed by atoms with Crippen LogP contribution in [-0.4, -0.2) is 52.0 Å². The van der Waals surface area contributed by atoms with E-state index in [2.05, 4.69) is 25.9 Å². The van der Waals surface area contributed by atoms with Gasteiger partial charge in [0.1, 0.15) is 35.3 Å². The van der Waals surface area contributed by atoms with Crippen LogP contribution in [0.2, 0.25) is 0 Å². The van der Waals surface area contributed by atoms with Crippen LogP contribution < -0.4 is 21.5 Å². The molecule has 0 bridgehead atoms. The molecule has 3 N–H and O–H groups in total. The largest absolute Gasteiger partial charge is 0.378 e. The Kier molecular flexibility index (Phi) is 5.39. The van der Waals surface area contributed by atoms with E-state index in [9.17, 15) is 23.2 Å². The Morgan fingerprint density at radius 1 is 1.26 bits per heavy atom. The lowest BCUT2D eigenvalue weighted by molar-refractivity contribution is -0.119. The number of amides is 2. The highest BCUT2D eigenvalue weighted by Crippen LogP contribution is 2.49. The molecule has 0 aromatic carbocycles. The van der Waals surface area contributed by atoms with Crippen molar-refractivity contribution in [3.05, 3.63) is 40.1 Å². The third-order valence-electron chi connectivity index (χ3n) is 5.01. The molecule has 3 heterocycles. The van der Waals surface area contributed by atoms with Crippen molar-refractivity contribution in [3.63, 3.8) is 0 Å². The number of hydrogen-bond acceptors (Lipinski definition) is 7. The van der Waals surface area contributed by atoms with Crippen LogP contribution in [0.25, 0.3) is 0 Å². The Hall–Kier alpha value is -3.41. The molecule has 12 heteroatoms. The predicted octanol–water partition coefficient (Wildman–Crippen LogP) is 1.04. The molecule has 10 nitrogen and oxygen atoms in total. The number of carbonyl (C=O) groups excluding carboxylic acids is 2. The molecule has 164 valence electrons. The second-order valence-electron chi connectivity index (χ2n) is 7.34. The average Bonchev–Trinajstić information content (AvgIpc) is 3.33. The first-order valence-corrected chi connectivity index (χ1v) is 9.64. The minimum absolute atomic E-state index is 0.0255. The fourth-order valence-electron chi connectivity index (χ4n) is 3.33. The van der Waals surface area contributed by atoms with E-state index in [0.717, 1.165) is 6.33 Å². The molecule has 1 aliphatic carbocycles. The first-order chi connectivity index (χ1) is 14.8. The quantitative estimate of drug-likeness (QED) is 0.656. The molecule has 1 aliphatic heterocycles. The van der Waals surface area contributed by atoms with Crippen LogP contribution in [0.4, 0.5) is 26.1 Å². The van der Waals surface area contributed by atoms with Gasteiger partial charge in [0.05, 0.1) is 13.2 Å². The minimum Gasteiger partial charge on any atom is -0.378 e. The summed E-state index contributed by atoms with van der Waals surface area (Å²) in [5.41, 5.74) is 0.517. The Bertz CT molecular complexity index is 1100. The normalized spacial score (nSPS) is 19.8. The molecule has 0 saturated heterocycles. The maximum absolute atomic E-state index is 13.1. The Morgan fingerprint density at radius 3 is 2.74 bits per heavy atom. The van der Waals surface area contributed by atoms with Gasteiger partial charge in [-0.2, -0.15) is 0 Å². The first kappa shape index (κ1) is 20.8. The van der Waals surface area contributed by atoms with Crippen LogP contribution in [0.5, 0.6) is 0 Å². The molecule has 1 unspecified atom stereocenters. The number of nitrogens with one attached hydrogen (secondary N) is 3. The number of alkyl halides is 2. The van der Waals surface area contributed by atoms with Crippen LogP contribution >= 0.6 is 0 Å². The summed E-state index contributed by atoms with van der Waals surface area (Å²) in [4.78, 5) is 45.2. The lowest BCUT2D eigenvalue weighted by atomic mass is 10.1. The van der Waals surface area contributed by atoms with Crippen molar-refractivity contribution < 1.29 is 23.1 Å².